The Kier molecular flexibility index (Phi) is 6.04. The Balaban J connectivity index is 1.63. The van der Waals surface area contributed by atoms with Crippen LogP contribution in [0.1, 0.15) is 43.6 Å². The lowest BCUT2D eigenvalue weighted by Crippen LogP contribution is -2.32. The van der Waals surface area contributed by atoms with Crippen molar-refractivity contribution in [1.82, 2.24) is 15.3 Å². The van der Waals surface area contributed by atoms with Crippen LogP contribution >= 0.6 is 0 Å². The minimum atomic E-state index is -0.174. The van der Waals surface area contributed by atoms with Gasteiger partial charge in [0, 0.05) is 37.1 Å². The number of anilines is 3. The molecule has 0 bridgehead atoms. The maximum atomic E-state index is 12.0. The lowest BCUT2D eigenvalue weighted by Gasteiger charge is -2.32. The molecule has 26 heavy (non-hydrogen) atoms. The fraction of sp³-hybridized carbons (Fsp3) is 0.450. The van der Waals surface area contributed by atoms with Crippen molar-refractivity contribution in [3.8, 4) is 0 Å². The van der Waals surface area contributed by atoms with Crippen LogP contribution in [0.25, 0.3) is 0 Å². The quantitative estimate of drug-likeness (QED) is 0.830. The van der Waals surface area contributed by atoms with Gasteiger partial charge in [-0.15, -0.1) is 0 Å². The average Bonchev–Trinajstić information content (AvgIpc) is 2.67. The second-order valence-corrected chi connectivity index (χ2v) is 6.89. The van der Waals surface area contributed by atoms with Crippen molar-refractivity contribution in [3.05, 3.63) is 42.4 Å². The number of hydrogen-bond donors (Lipinski definition) is 2. The summed E-state index contributed by atoms with van der Waals surface area (Å²) in [7, 11) is 0. The Hall–Kier alpha value is -2.63. The van der Waals surface area contributed by atoms with Crippen LogP contribution in [0.3, 0.4) is 0 Å². The van der Waals surface area contributed by atoms with Crippen molar-refractivity contribution in [3.63, 3.8) is 0 Å². The molecule has 1 amide bonds. The van der Waals surface area contributed by atoms with Gasteiger partial charge in [0.05, 0.1) is 0 Å². The molecule has 2 aromatic rings. The highest BCUT2D eigenvalue weighted by Gasteiger charge is 2.15. The minimum Gasteiger partial charge on any atom is -0.372 e. The molecule has 0 aliphatic carbocycles. The number of benzene rings is 1. The van der Waals surface area contributed by atoms with Gasteiger partial charge < -0.3 is 15.5 Å². The van der Waals surface area contributed by atoms with E-state index in [1.54, 1.807) is 6.07 Å². The van der Waals surface area contributed by atoms with Crippen LogP contribution in [0.4, 0.5) is 17.2 Å². The van der Waals surface area contributed by atoms with Crippen LogP contribution in [-0.2, 0) is 0 Å². The second kappa shape index (κ2) is 8.65. The fourth-order valence-electron chi connectivity index (χ4n) is 3.05. The summed E-state index contributed by atoms with van der Waals surface area (Å²) in [5.74, 6) is 1.27. The predicted octanol–water partition coefficient (Wildman–Crippen LogP) is 3.60. The first-order chi connectivity index (χ1) is 12.7. The van der Waals surface area contributed by atoms with E-state index in [1.807, 2.05) is 19.1 Å². The first-order valence-electron chi connectivity index (χ1n) is 9.38. The Labute approximate surface area is 155 Å². The zero-order chi connectivity index (χ0) is 18.4. The molecular formula is C20H27N5O. The Bertz CT molecular complexity index is 723. The van der Waals surface area contributed by atoms with Crippen LogP contribution in [0.15, 0.2) is 36.7 Å². The van der Waals surface area contributed by atoms with Crippen LogP contribution in [0, 0.1) is 5.92 Å². The molecule has 1 fully saturated rings. The van der Waals surface area contributed by atoms with Gasteiger partial charge in [-0.3, -0.25) is 4.79 Å². The summed E-state index contributed by atoms with van der Waals surface area (Å²) in [5.41, 5.74) is 2.57. The molecule has 3 rings (SSSR count). The van der Waals surface area contributed by atoms with Crippen LogP contribution in [0.5, 0.6) is 0 Å². The van der Waals surface area contributed by atoms with Gasteiger partial charge in [0.25, 0.3) is 5.91 Å². The van der Waals surface area contributed by atoms with Gasteiger partial charge in [0.1, 0.15) is 17.8 Å². The lowest BCUT2D eigenvalue weighted by atomic mass is 9.99. The molecule has 1 aliphatic rings. The minimum absolute atomic E-state index is 0.174. The molecular weight excluding hydrogens is 326 g/mol. The molecule has 0 unspecified atom stereocenters. The molecule has 1 aliphatic heterocycles. The van der Waals surface area contributed by atoms with Crippen LogP contribution in [0.2, 0.25) is 0 Å². The van der Waals surface area contributed by atoms with Gasteiger partial charge in [-0.25, -0.2) is 9.97 Å². The van der Waals surface area contributed by atoms with E-state index >= 15 is 0 Å². The van der Waals surface area contributed by atoms with Crippen molar-refractivity contribution in [2.45, 2.75) is 33.1 Å². The Morgan fingerprint density at radius 2 is 1.92 bits per heavy atom. The van der Waals surface area contributed by atoms with Gasteiger partial charge in [0.2, 0.25) is 0 Å². The summed E-state index contributed by atoms with van der Waals surface area (Å²) in [5, 5.41) is 6.07. The summed E-state index contributed by atoms with van der Waals surface area (Å²) in [6.07, 6.45) is 4.81. The summed E-state index contributed by atoms with van der Waals surface area (Å²) in [4.78, 5) is 22.7. The molecule has 0 spiro atoms. The number of aromatic nitrogens is 2. The highest BCUT2D eigenvalue weighted by atomic mass is 16.1. The number of nitrogens with zero attached hydrogens (tertiary/aromatic N) is 3. The lowest BCUT2D eigenvalue weighted by molar-refractivity contribution is 0.0948. The average molecular weight is 353 g/mol. The monoisotopic (exact) mass is 353 g/mol. The van der Waals surface area contributed by atoms with Gasteiger partial charge in [-0.2, -0.15) is 0 Å². The fourth-order valence-corrected chi connectivity index (χ4v) is 3.05. The van der Waals surface area contributed by atoms with Crippen molar-refractivity contribution in [1.29, 1.82) is 0 Å². The molecule has 0 saturated carbocycles. The van der Waals surface area contributed by atoms with Gasteiger partial charge in [-0.05, 0) is 49.4 Å². The summed E-state index contributed by atoms with van der Waals surface area (Å²) >= 11 is 0. The number of rotatable bonds is 6. The van der Waals surface area contributed by atoms with E-state index in [-0.39, 0.29) is 5.91 Å². The molecule has 138 valence electrons. The first kappa shape index (κ1) is 18.2. The van der Waals surface area contributed by atoms with Gasteiger partial charge in [-0.1, -0.05) is 13.8 Å². The van der Waals surface area contributed by atoms with E-state index in [0.29, 0.717) is 18.1 Å². The second-order valence-electron chi connectivity index (χ2n) is 6.89. The molecule has 0 radical (unpaired) electrons. The van der Waals surface area contributed by atoms with Gasteiger partial charge >= 0.3 is 0 Å². The molecule has 1 aromatic carbocycles. The zero-order valence-corrected chi connectivity index (χ0v) is 15.5. The molecule has 2 heterocycles. The predicted molar refractivity (Wildman–Crippen MR) is 105 cm³/mol. The highest BCUT2D eigenvalue weighted by Crippen LogP contribution is 2.25. The van der Waals surface area contributed by atoms with E-state index in [9.17, 15) is 4.79 Å². The van der Waals surface area contributed by atoms with Crippen molar-refractivity contribution in [2.24, 2.45) is 5.92 Å². The third-order valence-electron chi connectivity index (χ3n) is 4.72. The van der Waals surface area contributed by atoms with Crippen LogP contribution in [-0.4, -0.2) is 35.5 Å². The van der Waals surface area contributed by atoms with Crippen LogP contribution < -0.4 is 15.5 Å². The summed E-state index contributed by atoms with van der Waals surface area (Å²) in [6, 6.07) is 10.0. The molecule has 6 heteroatoms. The van der Waals surface area contributed by atoms with Gasteiger partial charge in [0.15, 0.2) is 0 Å². The molecule has 6 nitrogen and oxygen atoms in total. The number of piperidine rings is 1. The smallest absolute Gasteiger partial charge is 0.270 e. The standard InChI is InChI=1S/C20H27N5O/c1-3-10-21-20(26)18-13-19(23-14-22-18)24-16-4-6-17(7-5-16)25-11-8-15(2)9-12-25/h4-7,13-15H,3,8-12H2,1-2H3,(H,21,26)(H,22,23,24). The number of nitrogens with one attached hydrogen (secondary N) is 2. The van der Waals surface area contributed by atoms with Crippen molar-refractivity contribution in [2.75, 3.05) is 29.9 Å². The molecule has 1 saturated heterocycles. The third kappa shape index (κ3) is 4.71. The number of carbonyl (C=O) groups excluding carboxylic acids is 1. The van der Waals surface area contributed by atoms with E-state index < -0.39 is 0 Å². The SMILES string of the molecule is CCCNC(=O)c1cc(Nc2ccc(N3CCC(C)CC3)cc2)ncn1. The normalized spacial score (nSPS) is 14.9. The van der Waals surface area contributed by atoms with E-state index in [4.69, 9.17) is 0 Å². The maximum Gasteiger partial charge on any atom is 0.270 e. The molecule has 0 atom stereocenters. The summed E-state index contributed by atoms with van der Waals surface area (Å²) in [6.45, 7) is 7.22. The Morgan fingerprint density at radius 3 is 2.62 bits per heavy atom. The summed E-state index contributed by atoms with van der Waals surface area (Å²) < 4.78 is 0. The number of hydrogen-bond acceptors (Lipinski definition) is 5. The van der Waals surface area contributed by atoms with E-state index in [0.717, 1.165) is 31.1 Å². The topological polar surface area (TPSA) is 70.2 Å². The van der Waals surface area contributed by atoms with Crippen molar-refractivity contribution < 1.29 is 4.79 Å². The number of amides is 1. The zero-order valence-electron chi connectivity index (χ0n) is 15.5. The Morgan fingerprint density at radius 1 is 1.19 bits per heavy atom. The first-order valence-corrected chi connectivity index (χ1v) is 9.38. The highest BCUT2D eigenvalue weighted by molar-refractivity contribution is 5.92. The van der Waals surface area contributed by atoms with E-state index in [1.165, 1.54) is 24.9 Å². The van der Waals surface area contributed by atoms with E-state index in [2.05, 4.69) is 44.6 Å². The molecule has 1 aromatic heterocycles. The largest absolute Gasteiger partial charge is 0.372 e. The maximum absolute atomic E-state index is 12.0. The third-order valence-corrected chi connectivity index (χ3v) is 4.72. The number of carbonyl (C=O) groups is 1. The molecule has 2 N–H and O–H groups in total. The van der Waals surface area contributed by atoms with Crippen molar-refractivity contribution >= 4 is 23.1 Å².